The van der Waals surface area contributed by atoms with E-state index in [1.54, 1.807) is 24.7 Å². The highest BCUT2D eigenvalue weighted by molar-refractivity contribution is 5.99. The molecule has 10 heteroatoms. The Bertz CT molecular complexity index is 1880. The first-order valence-electron chi connectivity index (χ1n) is 12.8. The molecule has 9 nitrogen and oxygen atoms in total. The Balaban J connectivity index is 1.38. The topological polar surface area (TPSA) is 121 Å². The number of ether oxygens (including phenoxy) is 1. The maximum atomic E-state index is 14.3. The number of nitrogens with zero attached hydrogens (tertiary/aromatic N) is 4. The molecule has 1 amide bonds. The largest absolute Gasteiger partial charge is 0.497 e. The van der Waals surface area contributed by atoms with Gasteiger partial charge in [-0.3, -0.25) is 14.9 Å². The number of hydrogen-bond donors (Lipinski definition) is 3. The maximum Gasteiger partial charge on any atom is 0.224 e. The Hall–Kier alpha value is -5.12. The number of hydrogen-bond acceptors (Lipinski definition) is 6. The van der Waals surface area contributed by atoms with Gasteiger partial charge in [-0.25, -0.2) is 14.4 Å². The van der Waals surface area contributed by atoms with Gasteiger partial charge in [-0.15, -0.1) is 0 Å². The fraction of sp³-hybridized carbons (Fsp3) is 0.167. The van der Waals surface area contributed by atoms with E-state index in [1.165, 1.54) is 19.2 Å². The Labute approximate surface area is 228 Å². The third-order valence-electron chi connectivity index (χ3n) is 6.52. The van der Waals surface area contributed by atoms with Crippen LogP contribution in [0, 0.1) is 11.7 Å². The number of fused-ring (bicyclic) bond motifs is 2. The van der Waals surface area contributed by atoms with Crippen LogP contribution < -0.4 is 10.1 Å². The monoisotopic (exact) mass is 535 g/mol. The third-order valence-corrected chi connectivity index (χ3v) is 6.52. The van der Waals surface area contributed by atoms with Crippen molar-refractivity contribution in [2.45, 2.75) is 20.3 Å². The Morgan fingerprint density at radius 1 is 1.07 bits per heavy atom. The molecule has 40 heavy (non-hydrogen) atoms. The Morgan fingerprint density at radius 3 is 2.77 bits per heavy atom. The lowest BCUT2D eigenvalue weighted by Gasteiger charge is -2.08. The molecule has 5 aromatic heterocycles. The van der Waals surface area contributed by atoms with Crippen LogP contribution in [0.2, 0.25) is 0 Å². The van der Waals surface area contributed by atoms with E-state index in [1.807, 2.05) is 44.2 Å². The van der Waals surface area contributed by atoms with Crippen LogP contribution in [0.4, 0.5) is 10.1 Å². The SMILES string of the molecule is COc1cc(F)cc(-c2ccnc3[nH]c(-c4n[nH]c5ccc(-c6cncc(NC(=O)CC(C)C)c6)nc45)cc23)c1. The van der Waals surface area contributed by atoms with Crippen LogP contribution in [-0.4, -0.2) is 43.2 Å². The highest BCUT2D eigenvalue weighted by Crippen LogP contribution is 2.35. The molecule has 0 unspecified atom stereocenters. The van der Waals surface area contributed by atoms with E-state index < -0.39 is 0 Å². The molecule has 0 saturated carbocycles. The number of benzene rings is 1. The molecule has 0 aliphatic rings. The molecule has 0 atom stereocenters. The van der Waals surface area contributed by atoms with E-state index in [0.29, 0.717) is 51.7 Å². The summed E-state index contributed by atoms with van der Waals surface area (Å²) >= 11 is 0. The van der Waals surface area contributed by atoms with Crippen LogP contribution in [0.25, 0.3) is 55.8 Å². The summed E-state index contributed by atoms with van der Waals surface area (Å²) in [5.41, 5.74) is 6.92. The molecule has 0 radical (unpaired) electrons. The number of anilines is 1. The quantitative estimate of drug-likeness (QED) is 0.219. The molecule has 0 fully saturated rings. The van der Waals surface area contributed by atoms with Gasteiger partial charge in [0.1, 0.15) is 28.4 Å². The zero-order valence-electron chi connectivity index (χ0n) is 22.1. The van der Waals surface area contributed by atoms with Gasteiger partial charge in [-0.1, -0.05) is 13.8 Å². The molecular formula is C30H26FN7O2. The molecule has 1 aromatic carbocycles. The number of nitrogens with one attached hydrogen (secondary N) is 3. The van der Waals surface area contributed by atoms with Crippen LogP contribution >= 0.6 is 0 Å². The van der Waals surface area contributed by atoms with E-state index in [0.717, 1.165) is 22.0 Å². The van der Waals surface area contributed by atoms with Crippen molar-refractivity contribution in [3.8, 4) is 39.5 Å². The van der Waals surface area contributed by atoms with Gasteiger partial charge < -0.3 is 15.0 Å². The van der Waals surface area contributed by atoms with Gasteiger partial charge >= 0.3 is 0 Å². The molecule has 6 rings (SSSR count). The van der Waals surface area contributed by atoms with Gasteiger partial charge in [-0.2, -0.15) is 5.10 Å². The fourth-order valence-corrected chi connectivity index (χ4v) is 4.72. The summed E-state index contributed by atoms with van der Waals surface area (Å²) in [6.07, 6.45) is 5.43. The summed E-state index contributed by atoms with van der Waals surface area (Å²) in [4.78, 5) is 29.2. The standard InChI is InChI=1S/C30H26FN7O2/c1-16(2)8-27(39)34-20-10-18(14-32-15-20)24-4-5-25-28(35-24)29(38-37-25)26-13-23-22(6-7-33-30(23)36-26)17-9-19(31)12-21(11-17)40-3/h4-7,9-16H,8H2,1-3H3,(H,33,36)(H,34,39)(H,37,38). The van der Waals surface area contributed by atoms with Gasteiger partial charge in [-0.05, 0) is 59.5 Å². The van der Waals surface area contributed by atoms with Crippen molar-refractivity contribution in [2.75, 3.05) is 12.4 Å². The number of rotatable bonds is 7. The summed E-state index contributed by atoms with van der Waals surface area (Å²) in [5, 5.41) is 11.3. The highest BCUT2D eigenvalue weighted by Gasteiger charge is 2.17. The molecule has 0 spiro atoms. The molecule has 200 valence electrons. The van der Waals surface area contributed by atoms with E-state index in [4.69, 9.17) is 9.72 Å². The molecule has 0 aliphatic carbocycles. The molecule has 3 N–H and O–H groups in total. The Morgan fingerprint density at radius 2 is 1.95 bits per heavy atom. The second-order valence-electron chi connectivity index (χ2n) is 9.96. The van der Waals surface area contributed by atoms with Crippen molar-refractivity contribution in [3.63, 3.8) is 0 Å². The van der Waals surface area contributed by atoms with Crippen LogP contribution in [-0.2, 0) is 4.79 Å². The predicted octanol–water partition coefficient (Wildman–Crippen LogP) is 6.36. The number of carbonyl (C=O) groups is 1. The van der Waals surface area contributed by atoms with Crippen molar-refractivity contribution in [3.05, 3.63) is 72.9 Å². The minimum atomic E-state index is -0.386. The van der Waals surface area contributed by atoms with Gasteiger partial charge in [0.25, 0.3) is 0 Å². The zero-order chi connectivity index (χ0) is 27.8. The molecule has 0 bridgehead atoms. The van der Waals surface area contributed by atoms with E-state index in [-0.39, 0.29) is 17.6 Å². The van der Waals surface area contributed by atoms with E-state index in [9.17, 15) is 9.18 Å². The van der Waals surface area contributed by atoms with Gasteiger partial charge in [0, 0.05) is 35.8 Å². The number of methoxy groups -OCH3 is 1. The number of aromatic amines is 2. The minimum absolute atomic E-state index is 0.0574. The second-order valence-corrected chi connectivity index (χ2v) is 9.96. The summed E-state index contributed by atoms with van der Waals surface area (Å²) in [6, 6.07) is 14.0. The van der Waals surface area contributed by atoms with Gasteiger partial charge in [0.15, 0.2) is 0 Å². The normalized spacial score (nSPS) is 11.4. The molecular weight excluding hydrogens is 509 g/mol. The molecule has 0 aliphatic heterocycles. The first kappa shape index (κ1) is 25.2. The van der Waals surface area contributed by atoms with Gasteiger partial charge in [0.2, 0.25) is 5.91 Å². The minimum Gasteiger partial charge on any atom is -0.497 e. The summed E-state index contributed by atoms with van der Waals surface area (Å²) < 4.78 is 19.5. The first-order valence-corrected chi connectivity index (χ1v) is 12.8. The van der Waals surface area contributed by atoms with Crippen LogP contribution in [0.3, 0.4) is 0 Å². The number of pyridine rings is 3. The molecule has 5 heterocycles. The molecule has 6 aromatic rings. The van der Waals surface area contributed by atoms with Crippen molar-refractivity contribution >= 4 is 33.7 Å². The van der Waals surface area contributed by atoms with Crippen molar-refractivity contribution in [1.82, 2.24) is 30.1 Å². The lowest BCUT2D eigenvalue weighted by molar-refractivity contribution is -0.116. The van der Waals surface area contributed by atoms with Gasteiger partial charge in [0.05, 0.1) is 35.9 Å². The smallest absolute Gasteiger partial charge is 0.224 e. The number of H-pyrrole nitrogens is 2. The number of halogens is 1. The van der Waals surface area contributed by atoms with E-state index in [2.05, 4.69) is 30.5 Å². The maximum absolute atomic E-state index is 14.3. The van der Waals surface area contributed by atoms with Crippen molar-refractivity contribution in [1.29, 1.82) is 0 Å². The van der Waals surface area contributed by atoms with E-state index >= 15 is 0 Å². The number of amides is 1. The summed E-state index contributed by atoms with van der Waals surface area (Å²) in [5.74, 6) is 0.247. The van der Waals surface area contributed by atoms with Crippen LogP contribution in [0.1, 0.15) is 20.3 Å². The van der Waals surface area contributed by atoms with Crippen molar-refractivity contribution in [2.24, 2.45) is 5.92 Å². The second kappa shape index (κ2) is 10.2. The predicted molar refractivity (Wildman–Crippen MR) is 152 cm³/mol. The highest BCUT2D eigenvalue weighted by atomic mass is 19.1. The zero-order valence-corrected chi connectivity index (χ0v) is 22.1. The average Bonchev–Trinajstić information content (AvgIpc) is 3.56. The number of carbonyl (C=O) groups excluding carboxylic acids is 1. The lowest BCUT2D eigenvalue weighted by atomic mass is 10.0. The van der Waals surface area contributed by atoms with Crippen LogP contribution in [0.15, 0.2) is 67.1 Å². The third kappa shape index (κ3) is 4.86. The summed E-state index contributed by atoms with van der Waals surface area (Å²) in [6.45, 7) is 4.00. The number of aromatic nitrogens is 6. The summed E-state index contributed by atoms with van der Waals surface area (Å²) in [7, 11) is 1.51. The van der Waals surface area contributed by atoms with Crippen LogP contribution in [0.5, 0.6) is 5.75 Å². The lowest BCUT2D eigenvalue weighted by Crippen LogP contribution is -2.13. The van der Waals surface area contributed by atoms with Crippen molar-refractivity contribution < 1.29 is 13.9 Å². The fourth-order valence-electron chi connectivity index (χ4n) is 4.72. The molecule has 0 saturated heterocycles. The first-order chi connectivity index (χ1) is 19.4. The average molecular weight is 536 g/mol. The Kier molecular flexibility index (Phi) is 6.43.